The fourth-order valence-electron chi connectivity index (χ4n) is 0. The van der Waals surface area contributed by atoms with E-state index in [1.165, 1.54) is 6.92 Å². The van der Waals surface area contributed by atoms with Gasteiger partial charge in [-0.05, 0) is 13.2 Å². The third-order valence-electron chi connectivity index (χ3n) is 0.273. The molecule has 2 atom stereocenters. The molecule has 0 aromatic carbocycles. The van der Waals surface area contributed by atoms with Gasteiger partial charge in [-0.2, -0.15) is 0 Å². The van der Waals surface area contributed by atoms with Crippen LogP contribution in [0.5, 0.6) is 0 Å². The summed E-state index contributed by atoms with van der Waals surface area (Å²) in [7, 11) is 0. The first-order valence-corrected chi connectivity index (χ1v) is 1.34. The monoisotopic (exact) mass is 79.1 g/mol. The predicted octanol–water partition coefficient (Wildman–Crippen LogP) is 0.777. The van der Waals surface area contributed by atoms with E-state index in [0.29, 0.717) is 0 Å². The minimum Gasteiger partial charge on any atom is -0.393 e. The predicted molar refractivity (Wildman–Crippen MR) is 22.0 cm³/mol. The van der Waals surface area contributed by atoms with E-state index >= 15 is 0 Å². The van der Waals surface area contributed by atoms with Crippen molar-refractivity contribution in [2.75, 3.05) is 0 Å². The second-order valence-corrected chi connectivity index (χ2v) is 0.674. The highest BCUT2D eigenvalue weighted by atomic mass is 16.3. The van der Waals surface area contributed by atoms with Gasteiger partial charge in [-0.25, -0.2) is 0 Å². The smallest absolute Gasteiger partial charge is 0.0597 e. The van der Waals surface area contributed by atoms with E-state index in [0.717, 1.165) is 0 Å². The first-order valence-electron chi connectivity index (χ1n) is 3.92. The summed E-state index contributed by atoms with van der Waals surface area (Å²) in [5.41, 5.74) is 0. The first kappa shape index (κ1) is 0.969. The summed E-state index contributed by atoms with van der Waals surface area (Å²) in [6, 6.07) is 0. The van der Waals surface area contributed by atoms with Gasteiger partial charge < -0.3 is 5.11 Å². The quantitative estimate of drug-likeness (QED) is 0.492. The SMILES string of the molecule is [2H]C(C)C([2H])(O)C([2H])([2H])[2H]. The summed E-state index contributed by atoms with van der Waals surface area (Å²) in [4.78, 5) is 0. The zero-order valence-electron chi connectivity index (χ0n) is 8.02. The summed E-state index contributed by atoms with van der Waals surface area (Å²) in [5, 5.41) is 8.84. The van der Waals surface area contributed by atoms with Crippen LogP contribution < -0.4 is 0 Å². The molecule has 0 aliphatic carbocycles. The molecule has 0 saturated carbocycles. The Morgan fingerprint density at radius 3 is 3.20 bits per heavy atom. The number of hydrogen-bond donors (Lipinski definition) is 1. The molecule has 0 heterocycles. The first-order chi connectivity index (χ1) is 4.19. The van der Waals surface area contributed by atoms with Crippen molar-refractivity contribution in [1.29, 1.82) is 0 Å². The van der Waals surface area contributed by atoms with Crippen molar-refractivity contribution in [1.82, 2.24) is 0 Å². The highest BCUT2D eigenvalue weighted by molar-refractivity contribution is 4.34. The topological polar surface area (TPSA) is 20.2 Å². The molecule has 0 fully saturated rings. The van der Waals surface area contributed by atoms with Crippen molar-refractivity contribution in [2.45, 2.75) is 26.3 Å². The molecule has 0 saturated heterocycles. The van der Waals surface area contributed by atoms with Crippen molar-refractivity contribution < 1.29 is 12.0 Å². The molecule has 0 rings (SSSR count). The summed E-state index contributed by atoms with van der Waals surface area (Å²) >= 11 is 0. The van der Waals surface area contributed by atoms with Crippen LogP contribution >= 0.6 is 0 Å². The Labute approximate surface area is 39.7 Å². The molecule has 0 amide bonds. The molecule has 5 heavy (non-hydrogen) atoms. The van der Waals surface area contributed by atoms with Gasteiger partial charge in [0.15, 0.2) is 0 Å². The Morgan fingerprint density at radius 1 is 2.60 bits per heavy atom. The zero-order valence-corrected chi connectivity index (χ0v) is 3.02. The van der Waals surface area contributed by atoms with Gasteiger partial charge in [0.25, 0.3) is 0 Å². The lowest BCUT2D eigenvalue weighted by Crippen LogP contribution is -1.93. The largest absolute Gasteiger partial charge is 0.393 e. The van der Waals surface area contributed by atoms with E-state index in [1.54, 1.807) is 0 Å². The highest BCUT2D eigenvalue weighted by Gasteiger charge is 1.81. The van der Waals surface area contributed by atoms with E-state index in [-0.39, 0.29) is 0 Å². The maximum atomic E-state index is 8.84. The maximum absolute atomic E-state index is 8.84. The lowest BCUT2D eigenvalue weighted by molar-refractivity contribution is 0.191. The molecular formula is C4H10O. The molecule has 0 radical (unpaired) electrons. The van der Waals surface area contributed by atoms with Crippen LogP contribution in [0, 0.1) is 0 Å². The van der Waals surface area contributed by atoms with Gasteiger partial charge in [0.2, 0.25) is 0 Å². The van der Waals surface area contributed by atoms with Crippen molar-refractivity contribution in [2.24, 2.45) is 0 Å². The van der Waals surface area contributed by atoms with Gasteiger partial charge in [-0.1, -0.05) is 6.92 Å². The third-order valence-corrected chi connectivity index (χ3v) is 0.273. The van der Waals surface area contributed by atoms with Gasteiger partial charge >= 0.3 is 0 Å². The van der Waals surface area contributed by atoms with Gasteiger partial charge in [-0.3, -0.25) is 0 Å². The Hall–Kier alpha value is -0.0400. The molecule has 2 unspecified atom stereocenters. The van der Waals surface area contributed by atoms with Gasteiger partial charge in [-0.15, -0.1) is 0 Å². The summed E-state index contributed by atoms with van der Waals surface area (Å²) in [6.45, 7) is -1.63. The highest BCUT2D eigenvalue weighted by Crippen LogP contribution is 1.81. The van der Waals surface area contributed by atoms with Gasteiger partial charge in [0.1, 0.15) is 0 Å². The maximum Gasteiger partial charge on any atom is 0.0597 e. The minimum atomic E-state index is -2.80. The van der Waals surface area contributed by atoms with Gasteiger partial charge in [0.05, 0.1) is 7.45 Å². The molecule has 1 N–H and O–H groups in total. The molecule has 0 aliphatic heterocycles. The average Bonchev–Trinajstić information content (AvgIpc) is 1.62. The summed E-state index contributed by atoms with van der Waals surface area (Å²) in [6.07, 6.45) is -3.98. The van der Waals surface area contributed by atoms with Crippen LogP contribution in [0.15, 0.2) is 0 Å². The third kappa shape index (κ3) is 3.96. The molecule has 0 aliphatic rings. The van der Waals surface area contributed by atoms with Crippen LogP contribution in [0.2, 0.25) is 0 Å². The van der Waals surface area contributed by atoms with Gasteiger partial charge in [0, 0.05) is 5.48 Å². The Balaban J connectivity index is 4.40. The molecule has 32 valence electrons. The number of aliphatic hydroxyl groups is 1. The molecular weight excluding hydrogens is 64.0 g/mol. The van der Waals surface area contributed by atoms with Crippen LogP contribution in [-0.2, 0) is 0 Å². The Morgan fingerprint density at radius 2 is 3.20 bits per heavy atom. The lowest BCUT2D eigenvalue weighted by Gasteiger charge is -1.90. The number of rotatable bonds is 1. The molecule has 1 nitrogen and oxygen atoms in total. The summed E-state index contributed by atoms with van der Waals surface area (Å²) < 4.78 is 33.6. The van der Waals surface area contributed by atoms with Crippen LogP contribution in [0.4, 0.5) is 0 Å². The molecule has 0 aromatic heterocycles. The van der Waals surface area contributed by atoms with Crippen LogP contribution in [0.3, 0.4) is 0 Å². The standard InChI is InChI=1S/C4H10O/c1-3-4(2)5/h4-5H,3H2,1-2H3/i2D3,3D,4D. The normalized spacial score (nSPS) is 44.8. The van der Waals surface area contributed by atoms with Crippen molar-refractivity contribution in [3.63, 3.8) is 0 Å². The van der Waals surface area contributed by atoms with Crippen LogP contribution in [-0.4, -0.2) is 11.2 Å². The molecule has 1 heteroatoms. The molecule has 0 bridgehead atoms. The van der Waals surface area contributed by atoms with E-state index in [1.807, 2.05) is 0 Å². The van der Waals surface area contributed by atoms with E-state index in [9.17, 15) is 0 Å². The lowest BCUT2D eigenvalue weighted by atomic mass is 10.3. The minimum absolute atomic E-state index is 1.17. The van der Waals surface area contributed by atoms with Crippen molar-refractivity contribution >= 4 is 0 Å². The fourth-order valence-corrected chi connectivity index (χ4v) is 0. The average molecular weight is 79.2 g/mol. The van der Waals surface area contributed by atoms with E-state index in [4.69, 9.17) is 12.0 Å². The second-order valence-electron chi connectivity index (χ2n) is 0.674. The Bertz CT molecular complexity index is 115. The molecule has 0 aromatic rings. The van der Waals surface area contributed by atoms with Crippen LogP contribution in [0.25, 0.3) is 0 Å². The van der Waals surface area contributed by atoms with Crippen molar-refractivity contribution in [3.05, 3.63) is 0 Å². The second kappa shape index (κ2) is 2.21. The van der Waals surface area contributed by atoms with E-state index in [2.05, 4.69) is 0 Å². The number of hydrogen-bond acceptors (Lipinski definition) is 1. The van der Waals surface area contributed by atoms with E-state index < -0.39 is 19.3 Å². The molecule has 0 spiro atoms. The Kier molecular flexibility index (Phi) is 0.429. The van der Waals surface area contributed by atoms with Crippen LogP contribution in [0.1, 0.15) is 27.0 Å². The van der Waals surface area contributed by atoms with Crippen molar-refractivity contribution in [3.8, 4) is 0 Å². The fraction of sp³-hybridized carbons (Fsp3) is 1.00. The zero-order chi connectivity index (χ0) is 8.58. The summed E-state index contributed by atoms with van der Waals surface area (Å²) in [5.74, 6) is 0.